The lowest BCUT2D eigenvalue weighted by molar-refractivity contribution is 0.103. The van der Waals surface area contributed by atoms with Gasteiger partial charge in [0.1, 0.15) is 5.82 Å². The predicted octanol–water partition coefficient (Wildman–Crippen LogP) is 1.53. The molecule has 94 valence electrons. The summed E-state index contributed by atoms with van der Waals surface area (Å²) in [5.41, 5.74) is 1.40. The molecule has 0 aliphatic carbocycles. The van der Waals surface area contributed by atoms with Crippen molar-refractivity contribution in [3.05, 3.63) is 29.6 Å². The van der Waals surface area contributed by atoms with E-state index >= 15 is 0 Å². The van der Waals surface area contributed by atoms with E-state index in [1.54, 1.807) is 6.07 Å². The van der Waals surface area contributed by atoms with Crippen molar-refractivity contribution < 1.29 is 14.6 Å². The Labute approximate surface area is 100 Å². The van der Waals surface area contributed by atoms with E-state index in [1.807, 2.05) is 11.8 Å². The number of β-amino-alcohol motifs (C(OH)–C–C–N with tert-alkyl or cyclic N) is 1. The fourth-order valence-electron chi connectivity index (χ4n) is 2.26. The van der Waals surface area contributed by atoms with E-state index in [0.717, 1.165) is 18.7 Å². The van der Waals surface area contributed by atoms with E-state index in [-0.39, 0.29) is 18.5 Å². The van der Waals surface area contributed by atoms with E-state index in [0.29, 0.717) is 18.0 Å². The van der Waals surface area contributed by atoms with Gasteiger partial charge < -0.3 is 15.1 Å². The molecule has 0 aromatic heterocycles. The van der Waals surface area contributed by atoms with Gasteiger partial charge in [0.05, 0.1) is 12.7 Å². The maximum Gasteiger partial charge on any atom is 0.123 e. The molecular formula is C13H18FNO2. The minimum absolute atomic E-state index is 0.185. The number of anilines is 1. The highest BCUT2D eigenvalue weighted by Crippen LogP contribution is 2.27. The Morgan fingerprint density at radius 3 is 2.88 bits per heavy atom. The third kappa shape index (κ3) is 2.58. The zero-order valence-electron chi connectivity index (χ0n) is 9.93. The van der Waals surface area contributed by atoms with Crippen molar-refractivity contribution in [1.82, 2.24) is 0 Å². The number of nitrogens with zero attached hydrogens (tertiary/aromatic N) is 1. The first-order valence-electron chi connectivity index (χ1n) is 5.94. The molecule has 0 amide bonds. The Hall–Kier alpha value is -1.13. The smallest absolute Gasteiger partial charge is 0.123 e. The first kappa shape index (κ1) is 12.3. The van der Waals surface area contributed by atoms with Crippen molar-refractivity contribution in [3.63, 3.8) is 0 Å². The fraction of sp³-hybridized carbons (Fsp3) is 0.538. The van der Waals surface area contributed by atoms with Gasteiger partial charge in [0.15, 0.2) is 0 Å². The minimum Gasteiger partial charge on any atom is -0.392 e. The normalized spacial score (nSPS) is 25.1. The summed E-state index contributed by atoms with van der Waals surface area (Å²) in [5, 5.41) is 19.1. The molecule has 0 saturated carbocycles. The highest BCUT2D eigenvalue weighted by Gasteiger charge is 2.25. The third-order valence-electron chi connectivity index (χ3n) is 3.47. The van der Waals surface area contributed by atoms with Crippen LogP contribution < -0.4 is 4.90 Å². The Morgan fingerprint density at radius 2 is 2.24 bits per heavy atom. The van der Waals surface area contributed by atoms with Gasteiger partial charge >= 0.3 is 0 Å². The molecule has 17 heavy (non-hydrogen) atoms. The summed E-state index contributed by atoms with van der Waals surface area (Å²) in [6.07, 6.45) is 0.545. The summed E-state index contributed by atoms with van der Waals surface area (Å²) in [6.45, 7) is 3.21. The van der Waals surface area contributed by atoms with Crippen LogP contribution in [0.2, 0.25) is 0 Å². The highest BCUT2D eigenvalue weighted by molar-refractivity contribution is 5.54. The first-order valence-corrected chi connectivity index (χ1v) is 5.94. The average Bonchev–Trinajstić information content (AvgIpc) is 2.32. The van der Waals surface area contributed by atoms with Gasteiger partial charge in [-0.15, -0.1) is 0 Å². The highest BCUT2D eigenvalue weighted by atomic mass is 19.1. The number of benzene rings is 1. The average molecular weight is 239 g/mol. The van der Waals surface area contributed by atoms with Crippen LogP contribution >= 0.6 is 0 Å². The van der Waals surface area contributed by atoms with E-state index in [4.69, 9.17) is 0 Å². The Morgan fingerprint density at radius 1 is 1.47 bits per heavy atom. The maximum absolute atomic E-state index is 13.1. The Bertz CT molecular complexity index is 397. The van der Waals surface area contributed by atoms with Crippen LogP contribution in [0.15, 0.2) is 18.2 Å². The van der Waals surface area contributed by atoms with Gasteiger partial charge in [0, 0.05) is 24.3 Å². The molecule has 3 nitrogen and oxygen atoms in total. The molecule has 2 N–H and O–H groups in total. The molecule has 1 aromatic rings. The second-order valence-electron chi connectivity index (χ2n) is 4.71. The molecule has 4 heteroatoms. The molecular weight excluding hydrogens is 221 g/mol. The van der Waals surface area contributed by atoms with Crippen molar-refractivity contribution in [2.24, 2.45) is 5.92 Å². The third-order valence-corrected chi connectivity index (χ3v) is 3.47. The number of hydrogen-bond donors (Lipinski definition) is 2. The number of hydrogen-bond acceptors (Lipinski definition) is 3. The van der Waals surface area contributed by atoms with Crippen LogP contribution in [0.4, 0.5) is 10.1 Å². The van der Waals surface area contributed by atoms with Crippen molar-refractivity contribution >= 4 is 5.69 Å². The molecule has 0 bridgehead atoms. The second-order valence-corrected chi connectivity index (χ2v) is 4.71. The SMILES string of the molecule is CC1CCN(c2ccc(F)cc2CO)CC1O. The summed E-state index contributed by atoms with van der Waals surface area (Å²) in [5.74, 6) is -0.0481. The number of piperidine rings is 1. The summed E-state index contributed by atoms with van der Waals surface area (Å²) >= 11 is 0. The summed E-state index contributed by atoms with van der Waals surface area (Å²) < 4.78 is 13.1. The Balaban J connectivity index is 2.22. The van der Waals surface area contributed by atoms with Gasteiger partial charge in [0.25, 0.3) is 0 Å². The molecule has 2 atom stereocenters. The van der Waals surface area contributed by atoms with Crippen molar-refractivity contribution in [2.45, 2.75) is 26.1 Å². The predicted molar refractivity (Wildman–Crippen MR) is 64.3 cm³/mol. The number of halogens is 1. The zero-order valence-corrected chi connectivity index (χ0v) is 9.93. The van der Waals surface area contributed by atoms with Crippen LogP contribution in [0.1, 0.15) is 18.9 Å². The van der Waals surface area contributed by atoms with Crippen LogP contribution in [0.25, 0.3) is 0 Å². The van der Waals surface area contributed by atoms with E-state index in [1.165, 1.54) is 12.1 Å². The lowest BCUT2D eigenvalue weighted by atomic mass is 9.95. The van der Waals surface area contributed by atoms with Crippen LogP contribution in [-0.4, -0.2) is 29.4 Å². The lowest BCUT2D eigenvalue weighted by Crippen LogP contribution is -2.43. The molecule has 0 spiro atoms. The molecule has 1 fully saturated rings. The maximum atomic E-state index is 13.1. The molecule has 1 heterocycles. The molecule has 1 aromatic carbocycles. The molecule has 1 aliphatic heterocycles. The first-order chi connectivity index (χ1) is 8.11. The van der Waals surface area contributed by atoms with E-state index in [9.17, 15) is 14.6 Å². The van der Waals surface area contributed by atoms with Crippen LogP contribution in [0.3, 0.4) is 0 Å². The van der Waals surface area contributed by atoms with E-state index < -0.39 is 0 Å². The fourth-order valence-corrected chi connectivity index (χ4v) is 2.26. The van der Waals surface area contributed by atoms with Crippen LogP contribution in [0.5, 0.6) is 0 Å². The summed E-state index contributed by atoms with van der Waals surface area (Å²) in [7, 11) is 0. The van der Waals surface area contributed by atoms with Crippen molar-refractivity contribution in [3.8, 4) is 0 Å². The zero-order chi connectivity index (χ0) is 12.4. The van der Waals surface area contributed by atoms with Gasteiger partial charge in [-0.05, 0) is 30.5 Å². The lowest BCUT2D eigenvalue weighted by Gasteiger charge is -2.36. The molecule has 2 unspecified atom stereocenters. The number of rotatable bonds is 2. The number of aliphatic hydroxyl groups excluding tert-OH is 2. The molecule has 1 saturated heterocycles. The molecule has 0 radical (unpaired) electrons. The summed E-state index contributed by atoms with van der Waals surface area (Å²) in [6, 6.07) is 4.41. The van der Waals surface area contributed by atoms with E-state index in [2.05, 4.69) is 0 Å². The topological polar surface area (TPSA) is 43.7 Å². The summed E-state index contributed by atoms with van der Waals surface area (Å²) in [4.78, 5) is 2.01. The minimum atomic E-state index is -0.361. The van der Waals surface area contributed by atoms with Crippen molar-refractivity contribution in [1.29, 1.82) is 0 Å². The Kier molecular flexibility index (Phi) is 3.64. The largest absolute Gasteiger partial charge is 0.392 e. The van der Waals surface area contributed by atoms with Crippen LogP contribution in [-0.2, 0) is 6.61 Å². The molecule has 2 rings (SSSR count). The second kappa shape index (κ2) is 5.02. The van der Waals surface area contributed by atoms with Gasteiger partial charge in [-0.3, -0.25) is 0 Å². The standard InChI is InChI=1S/C13H18FNO2/c1-9-4-5-15(7-13(9)17)12-3-2-11(14)6-10(12)8-16/h2-3,6,9,13,16-17H,4-5,7-8H2,1H3. The van der Waals surface area contributed by atoms with Gasteiger partial charge in [0.2, 0.25) is 0 Å². The monoisotopic (exact) mass is 239 g/mol. The van der Waals surface area contributed by atoms with Gasteiger partial charge in [-0.2, -0.15) is 0 Å². The quantitative estimate of drug-likeness (QED) is 0.822. The number of aliphatic hydroxyl groups is 2. The van der Waals surface area contributed by atoms with Gasteiger partial charge in [-0.25, -0.2) is 4.39 Å². The van der Waals surface area contributed by atoms with Crippen molar-refractivity contribution in [2.75, 3.05) is 18.0 Å². The van der Waals surface area contributed by atoms with Gasteiger partial charge in [-0.1, -0.05) is 6.92 Å². The molecule has 1 aliphatic rings. The van der Waals surface area contributed by atoms with Crippen LogP contribution in [0, 0.1) is 11.7 Å².